The first-order valence-electron chi connectivity index (χ1n) is 8.04. The minimum absolute atomic E-state index is 0.0315. The van der Waals surface area contributed by atoms with Gasteiger partial charge in [0.1, 0.15) is 11.8 Å². The highest BCUT2D eigenvalue weighted by Crippen LogP contribution is 2.26. The quantitative estimate of drug-likeness (QED) is 0.477. The van der Waals surface area contributed by atoms with Gasteiger partial charge >= 0.3 is 5.97 Å². The smallest absolute Gasteiger partial charge is 0.344 e. The molecule has 0 saturated carbocycles. The summed E-state index contributed by atoms with van der Waals surface area (Å²) < 4.78 is 15.9. The molecule has 0 fully saturated rings. The van der Waals surface area contributed by atoms with Gasteiger partial charge in [0, 0.05) is 10.9 Å². The lowest BCUT2D eigenvalue weighted by molar-refractivity contribution is -0.147. The molecule has 1 aromatic heterocycles. The lowest BCUT2D eigenvalue weighted by atomic mass is 10.1. The van der Waals surface area contributed by atoms with Crippen LogP contribution in [0.2, 0.25) is 5.15 Å². The zero-order valence-electron chi connectivity index (χ0n) is 14.5. The molecular weight excluding hydrogens is 354 g/mol. The number of fused-ring (bicyclic) bond motifs is 1. The summed E-state index contributed by atoms with van der Waals surface area (Å²) in [7, 11) is 1.54. The second-order valence-corrected chi connectivity index (χ2v) is 6.09. The summed E-state index contributed by atoms with van der Waals surface area (Å²) in [4.78, 5) is 16.3. The van der Waals surface area contributed by atoms with Gasteiger partial charge in [-0.15, -0.1) is 0 Å². The van der Waals surface area contributed by atoms with Crippen LogP contribution in [-0.4, -0.2) is 24.7 Å². The molecule has 0 radical (unpaired) electrons. The van der Waals surface area contributed by atoms with Crippen LogP contribution in [0, 0.1) is 6.92 Å². The maximum absolute atomic E-state index is 12.0. The van der Waals surface area contributed by atoms with Crippen LogP contribution in [0.25, 0.3) is 10.9 Å². The number of aryl methyl sites for hydroxylation is 1. The van der Waals surface area contributed by atoms with Crippen molar-refractivity contribution in [1.29, 1.82) is 0 Å². The Morgan fingerprint density at radius 3 is 2.65 bits per heavy atom. The van der Waals surface area contributed by atoms with Gasteiger partial charge < -0.3 is 14.2 Å². The number of methoxy groups -OCH3 is 1. The highest BCUT2D eigenvalue weighted by Gasteiger charge is 2.11. The molecule has 0 atom stereocenters. The number of rotatable bonds is 6. The third-order valence-electron chi connectivity index (χ3n) is 3.80. The van der Waals surface area contributed by atoms with Crippen molar-refractivity contribution in [1.82, 2.24) is 4.98 Å². The molecule has 3 rings (SSSR count). The van der Waals surface area contributed by atoms with E-state index in [1.807, 2.05) is 37.3 Å². The molecule has 0 N–H and O–H groups in total. The van der Waals surface area contributed by atoms with Gasteiger partial charge in [-0.2, -0.15) is 0 Å². The molecule has 3 aromatic rings. The number of pyridine rings is 1. The zero-order valence-corrected chi connectivity index (χ0v) is 15.2. The van der Waals surface area contributed by atoms with Crippen LogP contribution in [0.3, 0.4) is 0 Å². The Labute approximate surface area is 156 Å². The maximum atomic E-state index is 12.0. The van der Waals surface area contributed by atoms with Crippen molar-refractivity contribution in [3.05, 3.63) is 64.8 Å². The number of benzene rings is 2. The van der Waals surface area contributed by atoms with E-state index in [1.165, 1.54) is 7.11 Å². The maximum Gasteiger partial charge on any atom is 0.344 e. The lowest BCUT2D eigenvalue weighted by Gasteiger charge is -2.11. The predicted molar refractivity (Wildman–Crippen MR) is 99.8 cm³/mol. The third kappa shape index (κ3) is 4.24. The minimum Gasteiger partial charge on any atom is -0.493 e. The first-order chi connectivity index (χ1) is 12.6. The number of carbonyl (C=O) groups excluding carboxylic acids is 1. The molecule has 0 saturated heterocycles. The monoisotopic (exact) mass is 371 g/mol. The van der Waals surface area contributed by atoms with Crippen LogP contribution < -0.4 is 9.47 Å². The SMILES string of the molecule is COc1ccccc1OCC(=O)OCc1cc2ccc(C)cc2nc1Cl. The largest absolute Gasteiger partial charge is 0.493 e. The average Bonchev–Trinajstić information content (AvgIpc) is 2.64. The Bertz CT molecular complexity index is 942. The molecule has 0 aliphatic carbocycles. The van der Waals surface area contributed by atoms with Crippen molar-refractivity contribution in [3.8, 4) is 11.5 Å². The van der Waals surface area contributed by atoms with E-state index < -0.39 is 5.97 Å². The van der Waals surface area contributed by atoms with E-state index in [2.05, 4.69) is 4.98 Å². The molecule has 26 heavy (non-hydrogen) atoms. The predicted octanol–water partition coefficient (Wildman–Crippen LogP) is 4.33. The van der Waals surface area contributed by atoms with Gasteiger partial charge in [0.2, 0.25) is 0 Å². The van der Waals surface area contributed by atoms with Crippen molar-refractivity contribution in [2.45, 2.75) is 13.5 Å². The van der Waals surface area contributed by atoms with Gasteiger partial charge in [-0.3, -0.25) is 0 Å². The van der Waals surface area contributed by atoms with Gasteiger partial charge in [-0.1, -0.05) is 35.9 Å². The van der Waals surface area contributed by atoms with Crippen LogP contribution in [0.1, 0.15) is 11.1 Å². The molecule has 0 spiro atoms. The molecule has 5 nitrogen and oxygen atoms in total. The summed E-state index contributed by atoms with van der Waals surface area (Å²) >= 11 is 6.20. The number of halogens is 1. The Morgan fingerprint density at radius 1 is 1.12 bits per heavy atom. The Morgan fingerprint density at radius 2 is 1.88 bits per heavy atom. The number of esters is 1. The fraction of sp³-hybridized carbons (Fsp3) is 0.200. The van der Waals surface area contributed by atoms with E-state index in [1.54, 1.807) is 18.2 Å². The summed E-state index contributed by atoms with van der Waals surface area (Å²) in [5, 5.41) is 1.26. The van der Waals surface area contributed by atoms with Gasteiger partial charge in [0.25, 0.3) is 0 Å². The van der Waals surface area contributed by atoms with Crippen LogP contribution in [0.4, 0.5) is 0 Å². The molecule has 6 heteroatoms. The van der Waals surface area contributed by atoms with Crippen molar-refractivity contribution in [2.75, 3.05) is 13.7 Å². The average molecular weight is 372 g/mol. The van der Waals surface area contributed by atoms with E-state index >= 15 is 0 Å². The molecule has 134 valence electrons. The number of ether oxygens (including phenoxy) is 3. The van der Waals surface area contributed by atoms with Crippen LogP contribution in [0.5, 0.6) is 11.5 Å². The Balaban J connectivity index is 1.61. The van der Waals surface area contributed by atoms with E-state index in [-0.39, 0.29) is 13.2 Å². The molecule has 0 bridgehead atoms. The summed E-state index contributed by atoms with van der Waals surface area (Å²) in [6.07, 6.45) is 0. The van der Waals surface area contributed by atoms with Crippen LogP contribution in [-0.2, 0) is 16.1 Å². The molecule has 0 aliphatic heterocycles. The Kier molecular flexibility index (Phi) is 5.58. The summed E-state index contributed by atoms with van der Waals surface area (Å²) in [5.74, 6) is 0.529. The summed E-state index contributed by atoms with van der Waals surface area (Å²) in [5.41, 5.74) is 2.56. The van der Waals surface area contributed by atoms with E-state index in [0.29, 0.717) is 22.2 Å². The number of nitrogens with zero attached hydrogens (tertiary/aromatic N) is 1. The van der Waals surface area contributed by atoms with E-state index in [4.69, 9.17) is 25.8 Å². The second kappa shape index (κ2) is 8.06. The number of para-hydroxylation sites is 2. The van der Waals surface area contributed by atoms with Crippen molar-refractivity contribution < 1.29 is 19.0 Å². The first-order valence-corrected chi connectivity index (χ1v) is 8.42. The van der Waals surface area contributed by atoms with Crippen molar-refractivity contribution in [3.63, 3.8) is 0 Å². The Hall–Kier alpha value is -2.79. The van der Waals surface area contributed by atoms with Gasteiger partial charge in [-0.05, 0) is 36.8 Å². The fourth-order valence-electron chi connectivity index (χ4n) is 2.47. The first kappa shape index (κ1) is 18.0. The number of hydrogen-bond acceptors (Lipinski definition) is 5. The van der Waals surface area contributed by atoms with Gasteiger partial charge in [-0.25, -0.2) is 9.78 Å². The summed E-state index contributed by atoms with van der Waals surface area (Å²) in [6, 6.07) is 14.9. The minimum atomic E-state index is -0.504. The van der Waals surface area contributed by atoms with E-state index in [0.717, 1.165) is 16.5 Å². The second-order valence-electron chi connectivity index (χ2n) is 5.73. The summed E-state index contributed by atoms with van der Waals surface area (Å²) in [6.45, 7) is 1.80. The number of hydrogen-bond donors (Lipinski definition) is 0. The van der Waals surface area contributed by atoms with Crippen LogP contribution in [0.15, 0.2) is 48.5 Å². The normalized spacial score (nSPS) is 10.6. The fourth-order valence-corrected chi connectivity index (χ4v) is 2.67. The molecule has 1 heterocycles. The van der Waals surface area contributed by atoms with E-state index in [9.17, 15) is 4.79 Å². The van der Waals surface area contributed by atoms with Crippen molar-refractivity contribution >= 4 is 28.5 Å². The standard InChI is InChI=1S/C20H18ClNO4/c1-13-7-8-14-10-15(20(21)22-16(14)9-13)11-26-19(23)12-25-18-6-4-3-5-17(18)24-2/h3-10H,11-12H2,1-2H3. The molecule has 0 unspecified atom stereocenters. The molecule has 0 amide bonds. The highest BCUT2D eigenvalue weighted by atomic mass is 35.5. The van der Waals surface area contributed by atoms with Gasteiger partial charge in [0.15, 0.2) is 18.1 Å². The zero-order chi connectivity index (χ0) is 18.5. The lowest BCUT2D eigenvalue weighted by Crippen LogP contribution is -2.15. The number of carbonyl (C=O) groups is 1. The molecule has 2 aromatic carbocycles. The topological polar surface area (TPSA) is 57.7 Å². The molecule has 0 aliphatic rings. The van der Waals surface area contributed by atoms with Crippen molar-refractivity contribution in [2.24, 2.45) is 0 Å². The van der Waals surface area contributed by atoms with Gasteiger partial charge in [0.05, 0.1) is 12.6 Å². The highest BCUT2D eigenvalue weighted by molar-refractivity contribution is 6.30. The third-order valence-corrected chi connectivity index (χ3v) is 4.13. The molecular formula is C20H18ClNO4. The number of aromatic nitrogens is 1. The van der Waals surface area contributed by atoms with Crippen LogP contribution >= 0.6 is 11.6 Å².